The highest BCUT2D eigenvalue weighted by Gasteiger charge is 2.17. The van der Waals surface area contributed by atoms with Crippen molar-refractivity contribution in [2.45, 2.75) is 4.90 Å². The lowest BCUT2D eigenvalue weighted by atomic mass is 10.3. The number of nitrogens with two attached hydrogens (primary N) is 1. The van der Waals surface area contributed by atoms with Gasteiger partial charge in [-0.15, -0.1) is 0 Å². The summed E-state index contributed by atoms with van der Waals surface area (Å²) in [6, 6.07) is 4.84. The van der Waals surface area contributed by atoms with Crippen molar-refractivity contribution < 1.29 is 8.42 Å². The van der Waals surface area contributed by atoms with E-state index in [4.69, 9.17) is 17.3 Å². The maximum Gasteiger partial charge on any atom is 0.265 e. The van der Waals surface area contributed by atoms with Crippen LogP contribution in [0.4, 0.5) is 11.6 Å². The fraction of sp³-hybridized carbons (Fsp3) is 0. The maximum absolute atomic E-state index is 12.1. The Hall–Kier alpha value is -1.38. The summed E-state index contributed by atoms with van der Waals surface area (Å²) in [4.78, 5) is 7.18. The van der Waals surface area contributed by atoms with Crippen molar-refractivity contribution in [1.82, 2.24) is 9.97 Å². The summed E-state index contributed by atoms with van der Waals surface area (Å²) in [5.41, 5.74) is 5.63. The van der Waals surface area contributed by atoms with Gasteiger partial charge in [0.2, 0.25) is 5.95 Å². The van der Waals surface area contributed by atoms with Crippen LogP contribution >= 0.6 is 27.5 Å². The third-order valence-electron chi connectivity index (χ3n) is 2.15. The van der Waals surface area contributed by atoms with E-state index < -0.39 is 10.0 Å². The van der Waals surface area contributed by atoms with Gasteiger partial charge in [-0.1, -0.05) is 17.7 Å². The van der Waals surface area contributed by atoms with Crippen LogP contribution < -0.4 is 10.5 Å². The number of halogens is 2. The molecule has 0 atom stereocenters. The third-order valence-corrected chi connectivity index (χ3v) is 4.87. The van der Waals surface area contributed by atoms with Gasteiger partial charge < -0.3 is 5.73 Å². The Labute approximate surface area is 123 Å². The topological polar surface area (TPSA) is 98.0 Å². The summed E-state index contributed by atoms with van der Waals surface area (Å²) in [5.74, 6) is 0.00267. The Morgan fingerprint density at radius 3 is 2.53 bits per heavy atom. The van der Waals surface area contributed by atoms with Gasteiger partial charge in [0.1, 0.15) is 4.90 Å². The molecule has 0 bridgehead atoms. The molecule has 0 aliphatic carbocycles. The number of benzene rings is 1. The standard InChI is InChI=1S/C10H8BrClN4O2S/c11-9-7(12)2-1-3-8(9)16-19(17,18)6-4-14-10(13)15-5-6/h1-5,16H,(H2,13,14,15). The highest BCUT2D eigenvalue weighted by atomic mass is 79.9. The summed E-state index contributed by atoms with van der Waals surface area (Å²) in [7, 11) is -3.79. The molecule has 100 valence electrons. The SMILES string of the molecule is Nc1ncc(S(=O)(=O)Nc2cccc(Cl)c2Br)cn1. The first-order valence-electron chi connectivity index (χ1n) is 4.94. The second kappa shape index (κ2) is 5.32. The minimum atomic E-state index is -3.79. The number of nitrogen functional groups attached to an aromatic ring is 1. The van der Waals surface area contributed by atoms with E-state index in [9.17, 15) is 8.42 Å². The van der Waals surface area contributed by atoms with Crippen molar-refractivity contribution >= 4 is 49.2 Å². The van der Waals surface area contributed by atoms with Crippen LogP contribution in [0.3, 0.4) is 0 Å². The monoisotopic (exact) mass is 362 g/mol. The van der Waals surface area contributed by atoms with Crippen molar-refractivity contribution in [2.75, 3.05) is 10.5 Å². The van der Waals surface area contributed by atoms with Gasteiger partial charge in [0.05, 0.1) is 27.6 Å². The lowest BCUT2D eigenvalue weighted by molar-refractivity contribution is 0.600. The van der Waals surface area contributed by atoms with E-state index in [2.05, 4.69) is 30.6 Å². The highest BCUT2D eigenvalue weighted by Crippen LogP contribution is 2.31. The first-order valence-corrected chi connectivity index (χ1v) is 7.60. The molecule has 0 radical (unpaired) electrons. The Morgan fingerprint density at radius 2 is 1.89 bits per heavy atom. The average molecular weight is 364 g/mol. The molecule has 0 spiro atoms. The quantitative estimate of drug-likeness (QED) is 0.871. The van der Waals surface area contributed by atoms with Crippen molar-refractivity contribution in [2.24, 2.45) is 0 Å². The van der Waals surface area contributed by atoms with Gasteiger partial charge in [-0.3, -0.25) is 4.72 Å². The summed E-state index contributed by atoms with van der Waals surface area (Å²) < 4.78 is 27.0. The zero-order valence-electron chi connectivity index (χ0n) is 9.34. The number of nitrogens with zero attached hydrogens (tertiary/aromatic N) is 2. The van der Waals surface area contributed by atoms with E-state index in [1.54, 1.807) is 18.2 Å². The molecule has 3 N–H and O–H groups in total. The van der Waals surface area contributed by atoms with Crippen LogP contribution in [0, 0.1) is 0 Å². The van der Waals surface area contributed by atoms with Crippen LogP contribution in [0.5, 0.6) is 0 Å². The Bertz CT molecular complexity index is 706. The largest absolute Gasteiger partial charge is 0.368 e. The summed E-state index contributed by atoms with van der Waals surface area (Å²) in [5, 5.41) is 0.397. The van der Waals surface area contributed by atoms with Crippen LogP contribution in [0.15, 0.2) is 40.0 Å². The molecule has 0 unspecified atom stereocenters. The fourth-order valence-corrected chi connectivity index (χ4v) is 2.88. The van der Waals surface area contributed by atoms with Crippen LogP contribution in [0.1, 0.15) is 0 Å². The second-order valence-corrected chi connectivity index (χ2v) is 6.37. The van der Waals surface area contributed by atoms with Crippen molar-refractivity contribution in [1.29, 1.82) is 0 Å². The van der Waals surface area contributed by atoms with E-state index in [1.165, 1.54) is 0 Å². The molecule has 1 heterocycles. The van der Waals surface area contributed by atoms with Gasteiger partial charge in [0.25, 0.3) is 10.0 Å². The number of hydrogen-bond acceptors (Lipinski definition) is 5. The molecular formula is C10H8BrClN4O2S. The Morgan fingerprint density at radius 1 is 1.26 bits per heavy atom. The van der Waals surface area contributed by atoms with Gasteiger partial charge >= 0.3 is 0 Å². The van der Waals surface area contributed by atoms with Crippen molar-refractivity contribution in [3.05, 3.63) is 40.1 Å². The maximum atomic E-state index is 12.1. The molecule has 6 nitrogen and oxygen atoms in total. The van der Waals surface area contributed by atoms with Gasteiger partial charge in [-0.25, -0.2) is 18.4 Å². The molecule has 0 aliphatic rings. The predicted molar refractivity (Wildman–Crippen MR) is 76.4 cm³/mol. The van der Waals surface area contributed by atoms with Crippen molar-refractivity contribution in [3.63, 3.8) is 0 Å². The lowest BCUT2D eigenvalue weighted by Crippen LogP contribution is -2.14. The van der Waals surface area contributed by atoms with Crippen LogP contribution in [0.25, 0.3) is 0 Å². The number of aromatic nitrogens is 2. The van der Waals surface area contributed by atoms with Gasteiger partial charge in [0, 0.05) is 0 Å². The van der Waals surface area contributed by atoms with Crippen LogP contribution in [-0.2, 0) is 10.0 Å². The van der Waals surface area contributed by atoms with E-state index >= 15 is 0 Å². The van der Waals surface area contributed by atoms with E-state index in [1.807, 2.05) is 0 Å². The number of nitrogens with one attached hydrogen (secondary N) is 1. The summed E-state index contributed by atoms with van der Waals surface area (Å²) in [6.45, 7) is 0. The molecule has 19 heavy (non-hydrogen) atoms. The number of rotatable bonds is 3. The molecule has 0 saturated carbocycles. The zero-order chi connectivity index (χ0) is 14.0. The first-order chi connectivity index (χ1) is 8.90. The minimum Gasteiger partial charge on any atom is -0.368 e. The molecular weight excluding hydrogens is 356 g/mol. The minimum absolute atomic E-state index is 0.00267. The third kappa shape index (κ3) is 3.14. The summed E-state index contributed by atoms with van der Waals surface area (Å²) >= 11 is 9.09. The normalized spacial score (nSPS) is 11.3. The molecule has 0 saturated heterocycles. The fourth-order valence-electron chi connectivity index (χ4n) is 1.25. The highest BCUT2D eigenvalue weighted by molar-refractivity contribution is 9.10. The Kier molecular flexibility index (Phi) is 3.93. The first kappa shape index (κ1) is 14.0. The van der Waals surface area contributed by atoms with Crippen molar-refractivity contribution in [3.8, 4) is 0 Å². The second-order valence-electron chi connectivity index (χ2n) is 3.48. The smallest absolute Gasteiger partial charge is 0.265 e. The molecule has 0 amide bonds. The zero-order valence-corrected chi connectivity index (χ0v) is 12.5. The van der Waals surface area contributed by atoms with E-state index in [-0.39, 0.29) is 10.8 Å². The van der Waals surface area contributed by atoms with Crippen LogP contribution in [-0.4, -0.2) is 18.4 Å². The Balaban J connectivity index is 2.36. The molecule has 1 aromatic carbocycles. The molecule has 2 aromatic rings. The predicted octanol–water partition coefficient (Wildman–Crippen LogP) is 2.28. The van der Waals surface area contributed by atoms with Gasteiger partial charge in [0.15, 0.2) is 0 Å². The molecule has 0 fully saturated rings. The molecule has 1 aromatic heterocycles. The number of hydrogen-bond donors (Lipinski definition) is 2. The lowest BCUT2D eigenvalue weighted by Gasteiger charge is -2.10. The average Bonchev–Trinajstić information content (AvgIpc) is 2.35. The van der Waals surface area contributed by atoms with Gasteiger partial charge in [-0.2, -0.15) is 0 Å². The number of sulfonamides is 1. The number of anilines is 2. The molecule has 2 rings (SSSR count). The summed E-state index contributed by atoms with van der Waals surface area (Å²) in [6.07, 6.45) is 2.26. The van der Waals surface area contributed by atoms with E-state index in [0.29, 0.717) is 15.2 Å². The molecule has 9 heteroatoms. The van der Waals surface area contributed by atoms with Gasteiger partial charge in [-0.05, 0) is 28.1 Å². The van der Waals surface area contributed by atoms with Crippen LogP contribution in [0.2, 0.25) is 5.02 Å². The molecule has 0 aliphatic heterocycles. The van der Waals surface area contributed by atoms with E-state index in [0.717, 1.165) is 12.4 Å².